The molecule has 1 amide bonds. The van der Waals surface area contributed by atoms with Crippen LogP contribution in [0.2, 0.25) is 10.0 Å². The van der Waals surface area contributed by atoms with Crippen molar-refractivity contribution in [2.45, 2.75) is 6.92 Å². The number of benzene rings is 1. The molecule has 1 aliphatic rings. The second-order valence-corrected chi connectivity index (χ2v) is 4.69. The second kappa shape index (κ2) is 4.15. The first-order valence-corrected chi connectivity index (χ1v) is 5.65. The quantitative estimate of drug-likeness (QED) is 0.717. The van der Waals surface area contributed by atoms with Gasteiger partial charge in [-0.25, -0.2) is 0 Å². The highest BCUT2D eigenvalue weighted by Crippen LogP contribution is 2.40. The molecule has 0 radical (unpaired) electrons. The SMILES string of the molecule is CC1COc2cc(Cl)cc(Cl)c2N(C)C1=O. The molecular formula is C11H11Cl2NO2. The minimum atomic E-state index is -0.188. The van der Waals surface area contributed by atoms with E-state index in [0.29, 0.717) is 28.1 Å². The molecule has 0 saturated carbocycles. The van der Waals surface area contributed by atoms with Gasteiger partial charge in [-0.3, -0.25) is 4.79 Å². The highest BCUT2D eigenvalue weighted by molar-refractivity contribution is 6.37. The van der Waals surface area contributed by atoms with Gasteiger partial charge in [0.15, 0.2) is 0 Å². The van der Waals surface area contributed by atoms with Crippen molar-refractivity contribution in [1.82, 2.24) is 0 Å². The van der Waals surface area contributed by atoms with Crippen molar-refractivity contribution in [3.05, 3.63) is 22.2 Å². The summed E-state index contributed by atoms with van der Waals surface area (Å²) < 4.78 is 5.53. The van der Waals surface area contributed by atoms with Gasteiger partial charge >= 0.3 is 0 Å². The van der Waals surface area contributed by atoms with Crippen LogP contribution in [0.4, 0.5) is 5.69 Å². The molecular weight excluding hydrogens is 249 g/mol. The molecule has 16 heavy (non-hydrogen) atoms. The van der Waals surface area contributed by atoms with E-state index in [0.717, 1.165) is 0 Å². The highest BCUT2D eigenvalue weighted by Gasteiger charge is 2.28. The van der Waals surface area contributed by atoms with Crippen molar-refractivity contribution in [3.63, 3.8) is 0 Å². The summed E-state index contributed by atoms with van der Waals surface area (Å²) in [4.78, 5) is 13.4. The first kappa shape index (κ1) is 11.6. The molecule has 1 atom stereocenters. The normalized spacial score (nSPS) is 20.1. The summed E-state index contributed by atoms with van der Waals surface area (Å²) >= 11 is 12.0. The molecule has 1 aliphatic heterocycles. The van der Waals surface area contributed by atoms with Gasteiger partial charge in [0.1, 0.15) is 11.4 Å². The fraction of sp³-hybridized carbons (Fsp3) is 0.364. The maximum atomic E-state index is 11.9. The highest BCUT2D eigenvalue weighted by atomic mass is 35.5. The van der Waals surface area contributed by atoms with Crippen LogP contribution in [0.1, 0.15) is 6.92 Å². The third-order valence-corrected chi connectivity index (χ3v) is 3.08. The maximum absolute atomic E-state index is 11.9. The predicted octanol–water partition coefficient (Wildman–Crippen LogP) is 2.98. The molecule has 86 valence electrons. The van der Waals surface area contributed by atoms with Crippen LogP contribution in [0.15, 0.2) is 12.1 Å². The Hall–Kier alpha value is -0.930. The predicted molar refractivity (Wildman–Crippen MR) is 64.5 cm³/mol. The van der Waals surface area contributed by atoms with Crippen LogP contribution in [-0.2, 0) is 4.79 Å². The van der Waals surface area contributed by atoms with Crippen molar-refractivity contribution < 1.29 is 9.53 Å². The molecule has 1 heterocycles. The number of nitrogens with zero attached hydrogens (tertiary/aromatic N) is 1. The lowest BCUT2D eigenvalue weighted by molar-refractivity contribution is -0.122. The molecule has 0 aliphatic carbocycles. The van der Waals surface area contributed by atoms with E-state index in [1.54, 1.807) is 19.2 Å². The first-order valence-electron chi connectivity index (χ1n) is 4.90. The second-order valence-electron chi connectivity index (χ2n) is 3.84. The van der Waals surface area contributed by atoms with Gasteiger partial charge in [-0.05, 0) is 6.07 Å². The maximum Gasteiger partial charge on any atom is 0.233 e. The minimum absolute atomic E-state index is 0.0111. The third kappa shape index (κ3) is 1.85. The average Bonchev–Trinajstić information content (AvgIpc) is 2.31. The van der Waals surface area contributed by atoms with E-state index in [4.69, 9.17) is 27.9 Å². The zero-order valence-corrected chi connectivity index (χ0v) is 10.5. The van der Waals surface area contributed by atoms with E-state index >= 15 is 0 Å². The summed E-state index contributed by atoms with van der Waals surface area (Å²) in [5.41, 5.74) is 0.584. The molecule has 1 aromatic rings. The van der Waals surface area contributed by atoms with Crippen molar-refractivity contribution in [2.75, 3.05) is 18.6 Å². The number of hydrogen-bond donors (Lipinski definition) is 0. The third-order valence-electron chi connectivity index (χ3n) is 2.57. The van der Waals surface area contributed by atoms with Gasteiger partial charge in [-0.1, -0.05) is 30.1 Å². The summed E-state index contributed by atoms with van der Waals surface area (Å²) in [6.45, 7) is 2.16. The van der Waals surface area contributed by atoms with Gasteiger partial charge in [0.2, 0.25) is 5.91 Å². The largest absolute Gasteiger partial charge is 0.490 e. The fourth-order valence-corrected chi connectivity index (χ4v) is 2.31. The first-order chi connectivity index (χ1) is 7.50. The van der Waals surface area contributed by atoms with Crippen molar-refractivity contribution in [2.24, 2.45) is 5.92 Å². The molecule has 3 nitrogen and oxygen atoms in total. The summed E-state index contributed by atoms with van der Waals surface area (Å²) in [6.07, 6.45) is 0. The molecule has 0 fully saturated rings. The molecule has 0 N–H and O–H groups in total. The molecule has 1 unspecified atom stereocenters. The smallest absolute Gasteiger partial charge is 0.233 e. The summed E-state index contributed by atoms with van der Waals surface area (Å²) in [7, 11) is 1.69. The molecule has 0 aromatic heterocycles. The van der Waals surface area contributed by atoms with E-state index in [2.05, 4.69) is 0 Å². The van der Waals surface area contributed by atoms with Crippen LogP contribution < -0.4 is 9.64 Å². The van der Waals surface area contributed by atoms with Crippen molar-refractivity contribution in [1.29, 1.82) is 0 Å². The van der Waals surface area contributed by atoms with Crippen LogP contribution in [0.3, 0.4) is 0 Å². The van der Waals surface area contributed by atoms with E-state index < -0.39 is 0 Å². The van der Waals surface area contributed by atoms with Crippen molar-refractivity contribution in [3.8, 4) is 5.75 Å². The van der Waals surface area contributed by atoms with Gasteiger partial charge < -0.3 is 9.64 Å². The number of ether oxygens (including phenoxy) is 1. The number of anilines is 1. The van der Waals surface area contributed by atoms with Crippen LogP contribution >= 0.6 is 23.2 Å². The molecule has 1 aromatic carbocycles. The van der Waals surface area contributed by atoms with E-state index in [1.165, 1.54) is 4.90 Å². The van der Waals surface area contributed by atoms with Crippen LogP contribution in [0.25, 0.3) is 0 Å². The van der Waals surface area contributed by atoms with Crippen LogP contribution in [0.5, 0.6) is 5.75 Å². The minimum Gasteiger partial charge on any atom is -0.490 e. The molecule has 0 spiro atoms. The van der Waals surface area contributed by atoms with Gasteiger partial charge in [0, 0.05) is 18.1 Å². The Labute approximate surface area is 104 Å². The van der Waals surface area contributed by atoms with E-state index in [9.17, 15) is 4.79 Å². The summed E-state index contributed by atoms with van der Waals surface area (Å²) in [5, 5.41) is 0.923. The Balaban J connectivity index is 2.57. The Morgan fingerprint density at radius 2 is 2.12 bits per heavy atom. The lowest BCUT2D eigenvalue weighted by atomic mass is 10.1. The average molecular weight is 260 g/mol. The Morgan fingerprint density at radius 3 is 2.81 bits per heavy atom. The van der Waals surface area contributed by atoms with Crippen LogP contribution in [0, 0.1) is 5.92 Å². The van der Waals surface area contributed by atoms with Crippen molar-refractivity contribution >= 4 is 34.8 Å². The topological polar surface area (TPSA) is 29.5 Å². The molecule has 2 rings (SSSR count). The number of carbonyl (C=O) groups excluding carboxylic acids is 1. The molecule has 0 bridgehead atoms. The number of amides is 1. The molecule has 0 saturated heterocycles. The van der Waals surface area contributed by atoms with Crippen LogP contribution in [-0.4, -0.2) is 19.6 Å². The summed E-state index contributed by atoms with van der Waals surface area (Å²) in [6, 6.07) is 3.27. The number of halogens is 2. The number of hydrogen-bond acceptors (Lipinski definition) is 2. The number of carbonyl (C=O) groups is 1. The van der Waals surface area contributed by atoms with Gasteiger partial charge in [-0.2, -0.15) is 0 Å². The lowest BCUT2D eigenvalue weighted by Crippen LogP contribution is -2.31. The number of rotatable bonds is 0. The Bertz CT molecular complexity index is 448. The number of fused-ring (bicyclic) bond motifs is 1. The van der Waals surface area contributed by atoms with Gasteiger partial charge in [-0.15, -0.1) is 0 Å². The lowest BCUT2D eigenvalue weighted by Gasteiger charge is -2.19. The molecule has 5 heteroatoms. The fourth-order valence-electron chi connectivity index (χ4n) is 1.70. The van der Waals surface area contributed by atoms with Gasteiger partial charge in [0.05, 0.1) is 17.5 Å². The zero-order valence-electron chi connectivity index (χ0n) is 8.96. The standard InChI is InChI=1S/C11H11Cl2NO2/c1-6-5-16-9-4-7(12)3-8(13)10(9)14(2)11(6)15/h3-4,6H,5H2,1-2H3. The monoisotopic (exact) mass is 259 g/mol. The zero-order chi connectivity index (χ0) is 11.9. The van der Waals surface area contributed by atoms with E-state index in [1.807, 2.05) is 6.92 Å². The van der Waals surface area contributed by atoms with E-state index in [-0.39, 0.29) is 11.8 Å². The Morgan fingerprint density at radius 1 is 1.44 bits per heavy atom. The van der Waals surface area contributed by atoms with Gasteiger partial charge in [0.25, 0.3) is 0 Å². The summed E-state index contributed by atoms with van der Waals surface area (Å²) in [5.74, 6) is 0.355. The Kier molecular flexibility index (Phi) is 3.00.